The number of para-hydroxylation sites is 1. The van der Waals surface area contributed by atoms with E-state index in [0.29, 0.717) is 0 Å². The van der Waals surface area contributed by atoms with Crippen LogP contribution in [0.5, 0.6) is 0 Å². The number of nitrogens with one attached hydrogen (secondary N) is 1. The monoisotopic (exact) mass is 269 g/mol. The Hall–Kier alpha value is -1.35. The average molecular weight is 269 g/mol. The molecular weight excluding hydrogens is 246 g/mol. The van der Waals surface area contributed by atoms with Gasteiger partial charge in [-0.25, -0.2) is 0 Å². The molecule has 1 aromatic carbocycles. The first-order valence-corrected chi connectivity index (χ1v) is 7.94. The summed E-state index contributed by atoms with van der Waals surface area (Å²) in [5.41, 5.74) is 2.49. The van der Waals surface area contributed by atoms with Crippen LogP contribution in [0.1, 0.15) is 31.4 Å². The standard InChI is InChI=1S/C17H23N3/c1-18-10-16-15-4-2-3-5-17(15)20(19-16)11-14-9-12-6-7-13(14)8-12/h2-5,12-14,18H,6-11H2,1H3. The van der Waals surface area contributed by atoms with Crippen LogP contribution in [0.25, 0.3) is 10.9 Å². The van der Waals surface area contributed by atoms with Gasteiger partial charge in [-0.1, -0.05) is 24.6 Å². The SMILES string of the molecule is CNCc1nn(CC2CC3CCC2C3)c2ccccc12. The van der Waals surface area contributed by atoms with Gasteiger partial charge in [0, 0.05) is 18.5 Å². The lowest BCUT2D eigenvalue weighted by molar-refractivity contribution is 0.288. The highest BCUT2D eigenvalue weighted by Gasteiger charge is 2.39. The average Bonchev–Trinajstić information content (AvgIpc) is 3.15. The van der Waals surface area contributed by atoms with Crippen molar-refractivity contribution in [1.29, 1.82) is 0 Å². The number of aromatic nitrogens is 2. The molecule has 3 heteroatoms. The first-order chi connectivity index (χ1) is 9.85. The van der Waals surface area contributed by atoms with E-state index in [2.05, 4.69) is 34.3 Å². The summed E-state index contributed by atoms with van der Waals surface area (Å²) in [7, 11) is 1.99. The first kappa shape index (κ1) is 12.4. The molecule has 2 aromatic rings. The smallest absolute Gasteiger partial charge is 0.0841 e. The minimum absolute atomic E-state index is 0.851. The summed E-state index contributed by atoms with van der Waals surface area (Å²) < 4.78 is 2.27. The topological polar surface area (TPSA) is 29.9 Å². The van der Waals surface area contributed by atoms with Gasteiger partial charge < -0.3 is 5.32 Å². The van der Waals surface area contributed by atoms with Crippen molar-refractivity contribution in [2.75, 3.05) is 7.05 Å². The summed E-state index contributed by atoms with van der Waals surface area (Å²) in [5.74, 6) is 2.85. The van der Waals surface area contributed by atoms with Crippen LogP contribution >= 0.6 is 0 Å². The molecule has 2 aliphatic carbocycles. The van der Waals surface area contributed by atoms with Crippen molar-refractivity contribution in [3.8, 4) is 0 Å². The number of hydrogen-bond donors (Lipinski definition) is 1. The van der Waals surface area contributed by atoms with E-state index in [1.54, 1.807) is 0 Å². The fourth-order valence-electron chi connectivity index (χ4n) is 4.46. The van der Waals surface area contributed by atoms with E-state index in [1.165, 1.54) is 42.3 Å². The zero-order valence-electron chi connectivity index (χ0n) is 12.2. The van der Waals surface area contributed by atoms with Crippen molar-refractivity contribution in [2.24, 2.45) is 17.8 Å². The summed E-state index contributed by atoms with van der Waals surface area (Å²) in [6, 6.07) is 8.66. The molecule has 0 amide bonds. The molecule has 2 aliphatic rings. The molecule has 3 atom stereocenters. The maximum Gasteiger partial charge on any atom is 0.0841 e. The van der Waals surface area contributed by atoms with Gasteiger partial charge in [-0.2, -0.15) is 5.10 Å². The quantitative estimate of drug-likeness (QED) is 0.924. The second-order valence-corrected chi connectivity index (χ2v) is 6.61. The van der Waals surface area contributed by atoms with Crippen LogP contribution in [0, 0.1) is 17.8 Å². The lowest BCUT2D eigenvalue weighted by Gasteiger charge is -2.21. The Bertz CT molecular complexity index is 616. The van der Waals surface area contributed by atoms with Crippen molar-refractivity contribution >= 4 is 10.9 Å². The van der Waals surface area contributed by atoms with Gasteiger partial charge in [-0.15, -0.1) is 0 Å². The molecule has 0 aliphatic heterocycles. The maximum absolute atomic E-state index is 4.88. The summed E-state index contributed by atoms with van der Waals surface area (Å²) in [6.45, 7) is 1.97. The summed E-state index contributed by atoms with van der Waals surface area (Å²) >= 11 is 0. The number of rotatable bonds is 4. The minimum atomic E-state index is 0.851. The Morgan fingerprint density at radius 3 is 2.90 bits per heavy atom. The summed E-state index contributed by atoms with van der Waals surface area (Å²) in [4.78, 5) is 0. The fourth-order valence-corrected chi connectivity index (χ4v) is 4.46. The molecular formula is C17H23N3. The van der Waals surface area contributed by atoms with Crippen LogP contribution in [0.15, 0.2) is 24.3 Å². The van der Waals surface area contributed by atoms with Crippen LogP contribution < -0.4 is 5.32 Å². The minimum Gasteiger partial charge on any atom is -0.314 e. The third kappa shape index (κ3) is 1.96. The molecule has 2 saturated carbocycles. The largest absolute Gasteiger partial charge is 0.314 e. The zero-order valence-corrected chi connectivity index (χ0v) is 12.2. The second-order valence-electron chi connectivity index (χ2n) is 6.61. The highest BCUT2D eigenvalue weighted by Crippen LogP contribution is 2.48. The molecule has 20 heavy (non-hydrogen) atoms. The highest BCUT2D eigenvalue weighted by atomic mass is 15.3. The van der Waals surface area contributed by atoms with E-state index in [-0.39, 0.29) is 0 Å². The van der Waals surface area contributed by atoms with Gasteiger partial charge >= 0.3 is 0 Å². The molecule has 1 aromatic heterocycles. The van der Waals surface area contributed by atoms with Gasteiger partial charge in [-0.05, 0) is 50.1 Å². The van der Waals surface area contributed by atoms with E-state index in [0.717, 1.165) is 30.8 Å². The molecule has 0 radical (unpaired) electrons. The lowest BCUT2D eigenvalue weighted by atomic mass is 9.89. The first-order valence-electron chi connectivity index (χ1n) is 7.94. The van der Waals surface area contributed by atoms with Gasteiger partial charge in [0.15, 0.2) is 0 Å². The zero-order chi connectivity index (χ0) is 13.5. The van der Waals surface area contributed by atoms with Crippen molar-refractivity contribution in [2.45, 2.75) is 38.8 Å². The van der Waals surface area contributed by atoms with Crippen LogP contribution in [-0.4, -0.2) is 16.8 Å². The van der Waals surface area contributed by atoms with Crippen LogP contribution in [0.2, 0.25) is 0 Å². The molecule has 0 saturated heterocycles. The number of fused-ring (bicyclic) bond motifs is 3. The van der Waals surface area contributed by atoms with Crippen molar-refractivity contribution in [3.63, 3.8) is 0 Å². The normalized spacial score (nSPS) is 28.6. The van der Waals surface area contributed by atoms with Gasteiger partial charge in [0.1, 0.15) is 0 Å². The van der Waals surface area contributed by atoms with Crippen LogP contribution in [0.3, 0.4) is 0 Å². The second kappa shape index (κ2) is 4.88. The Morgan fingerprint density at radius 2 is 2.15 bits per heavy atom. The van der Waals surface area contributed by atoms with E-state index < -0.39 is 0 Å². The predicted molar refractivity (Wildman–Crippen MR) is 81.4 cm³/mol. The van der Waals surface area contributed by atoms with E-state index in [4.69, 9.17) is 5.10 Å². The predicted octanol–water partition coefficient (Wildman–Crippen LogP) is 3.19. The molecule has 4 rings (SSSR count). The molecule has 3 nitrogen and oxygen atoms in total. The number of nitrogens with zero attached hydrogens (tertiary/aromatic N) is 2. The number of benzene rings is 1. The Morgan fingerprint density at radius 1 is 1.25 bits per heavy atom. The highest BCUT2D eigenvalue weighted by molar-refractivity contribution is 5.81. The molecule has 0 spiro atoms. The molecule has 106 valence electrons. The van der Waals surface area contributed by atoms with Gasteiger partial charge in [0.2, 0.25) is 0 Å². The number of hydrogen-bond acceptors (Lipinski definition) is 2. The van der Waals surface area contributed by atoms with Gasteiger partial charge in [-0.3, -0.25) is 4.68 Å². The summed E-state index contributed by atoms with van der Waals surface area (Å²) in [5, 5.41) is 9.42. The Balaban J connectivity index is 1.65. The molecule has 2 fully saturated rings. The summed E-state index contributed by atoms with van der Waals surface area (Å²) in [6.07, 6.45) is 5.84. The van der Waals surface area contributed by atoms with Crippen molar-refractivity contribution in [1.82, 2.24) is 15.1 Å². The fraction of sp³-hybridized carbons (Fsp3) is 0.588. The maximum atomic E-state index is 4.88. The van der Waals surface area contributed by atoms with E-state index in [9.17, 15) is 0 Å². The van der Waals surface area contributed by atoms with Gasteiger partial charge in [0.25, 0.3) is 0 Å². The third-order valence-electron chi connectivity index (χ3n) is 5.37. The van der Waals surface area contributed by atoms with Crippen molar-refractivity contribution in [3.05, 3.63) is 30.0 Å². The third-order valence-corrected chi connectivity index (χ3v) is 5.37. The van der Waals surface area contributed by atoms with Crippen LogP contribution in [-0.2, 0) is 13.1 Å². The van der Waals surface area contributed by atoms with Crippen LogP contribution in [0.4, 0.5) is 0 Å². The molecule has 1 heterocycles. The van der Waals surface area contributed by atoms with E-state index in [1.807, 2.05) is 7.05 Å². The molecule has 1 N–H and O–H groups in total. The van der Waals surface area contributed by atoms with Crippen molar-refractivity contribution < 1.29 is 0 Å². The Labute approximate surface area is 120 Å². The lowest BCUT2D eigenvalue weighted by Crippen LogP contribution is -2.18. The molecule has 2 bridgehead atoms. The van der Waals surface area contributed by atoms with E-state index >= 15 is 0 Å². The Kier molecular flexibility index (Phi) is 3.03. The van der Waals surface area contributed by atoms with Gasteiger partial charge in [0.05, 0.1) is 11.2 Å². The molecule has 3 unspecified atom stereocenters.